The zero-order valence-corrected chi connectivity index (χ0v) is 7.78. The van der Waals surface area contributed by atoms with Crippen LogP contribution < -0.4 is 5.73 Å². The third kappa shape index (κ3) is 1.34. The molecule has 0 bridgehead atoms. The minimum atomic E-state index is -0.430. The van der Waals surface area contributed by atoms with E-state index in [4.69, 9.17) is 17.3 Å². The van der Waals surface area contributed by atoms with Crippen LogP contribution in [0.3, 0.4) is 0 Å². The predicted octanol–water partition coefficient (Wildman–Crippen LogP) is 2.67. The number of nitrogens with two attached hydrogens (primary N) is 1. The van der Waals surface area contributed by atoms with Crippen LogP contribution in [-0.4, -0.2) is 0 Å². The quantitative estimate of drug-likeness (QED) is 0.438. The maximum absolute atomic E-state index is 12.6. The van der Waals surface area contributed by atoms with Crippen LogP contribution in [0.5, 0.6) is 0 Å². The van der Waals surface area contributed by atoms with Crippen LogP contribution in [0.25, 0.3) is 0 Å². The molecule has 0 fully saturated rings. The number of rotatable bonds is 0. The standard InChI is InChI=1S/C6H4ClFIN/c7-5-3(8)1-2-4(10)6(5)9/h1-2H,10H2. The van der Waals surface area contributed by atoms with Gasteiger partial charge in [-0.05, 0) is 34.7 Å². The van der Waals surface area contributed by atoms with Gasteiger partial charge in [0.25, 0.3) is 0 Å². The van der Waals surface area contributed by atoms with Gasteiger partial charge in [0.1, 0.15) is 5.82 Å². The lowest BCUT2D eigenvalue weighted by atomic mass is 10.3. The normalized spacial score (nSPS) is 9.90. The van der Waals surface area contributed by atoms with Crippen molar-refractivity contribution in [3.05, 3.63) is 26.5 Å². The molecule has 1 nitrogen and oxygen atoms in total. The van der Waals surface area contributed by atoms with Gasteiger partial charge in [0.2, 0.25) is 0 Å². The Labute approximate surface area is 76.5 Å². The number of hydrogen-bond acceptors (Lipinski definition) is 1. The first-order valence-corrected chi connectivity index (χ1v) is 3.97. The molecule has 1 aromatic carbocycles. The summed E-state index contributed by atoms with van der Waals surface area (Å²) in [7, 11) is 0. The van der Waals surface area contributed by atoms with Crippen LogP contribution in [0.1, 0.15) is 0 Å². The van der Waals surface area contributed by atoms with Gasteiger partial charge >= 0.3 is 0 Å². The molecule has 0 heterocycles. The molecule has 1 aromatic rings. The van der Waals surface area contributed by atoms with Crippen LogP contribution in [0.15, 0.2) is 12.1 Å². The minimum absolute atomic E-state index is 0.0978. The predicted molar refractivity (Wildman–Crippen MR) is 48.5 cm³/mol. The van der Waals surface area contributed by atoms with Gasteiger partial charge < -0.3 is 5.73 Å². The first kappa shape index (κ1) is 8.07. The summed E-state index contributed by atoms with van der Waals surface area (Å²) in [5.74, 6) is -0.430. The smallest absolute Gasteiger partial charge is 0.143 e. The molecule has 2 N–H and O–H groups in total. The molecule has 0 radical (unpaired) electrons. The summed E-state index contributed by atoms with van der Waals surface area (Å²) in [5.41, 5.74) is 5.94. The fraction of sp³-hybridized carbons (Fsp3) is 0. The second-order valence-corrected chi connectivity index (χ2v) is 3.22. The molecule has 0 aliphatic rings. The van der Waals surface area contributed by atoms with Crippen molar-refractivity contribution in [2.45, 2.75) is 0 Å². The van der Waals surface area contributed by atoms with Gasteiger partial charge in [0.05, 0.1) is 8.59 Å². The minimum Gasteiger partial charge on any atom is -0.398 e. The van der Waals surface area contributed by atoms with Crippen LogP contribution >= 0.6 is 34.2 Å². The average Bonchev–Trinajstić information content (AvgIpc) is 1.93. The number of halogens is 3. The number of hydrogen-bond donors (Lipinski definition) is 1. The van der Waals surface area contributed by atoms with Crippen molar-refractivity contribution in [3.63, 3.8) is 0 Å². The Morgan fingerprint density at radius 3 is 2.60 bits per heavy atom. The fourth-order valence-corrected chi connectivity index (χ4v) is 1.15. The van der Waals surface area contributed by atoms with Crippen LogP contribution in [0, 0.1) is 9.39 Å². The second-order valence-electron chi connectivity index (χ2n) is 1.76. The van der Waals surface area contributed by atoms with Crippen molar-refractivity contribution in [3.8, 4) is 0 Å². The molecule has 54 valence electrons. The highest BCUT2D eigenvalue weighted by atomic mass is 127. The van der Waals surface area contributed by atoms with E-state index in [2.05, 4.69) is 0 Å². The van der Waals surface area contributed by atoms with Gasteiger partial charge in [-0.2, -0.15) is 0 Å². The van der Waals surface area contributed by atoms with Crippen molar-refractivity contribution in [2.75, 3.05) is 5.73 Å². The highest BCUT2D eigenvalue weighted by molar-refractivity contribution is 14.1. The third-order valence-electron chi connectivity index (χ3n) is 1.07. The number of anilines is 1. The molecular formula is C6H4ClFIN. The summed E-state index contributed by atoms with van der Waals surface area (Å²) in [6.45, 7) is 0. The van der Waals surface area contributed by atoms with E-state index in [9.17, 15) is 4.39 Å². The van der Waals surface area contributed by atoms with Gasteiger partial charge in [-0.1, -0.05) is 11.6 Å². The first-order chi connectivity index (χ1) is 4.63. The molecule has 0 saturated heterocycles. The second kappa shape index (κ2) is 2.92. The van der Waals surface area contributed by atoms with E-state index in [0.29, 0.717) is 9.26 Å². The molecule has 0 atom stereocenters. The van der Waals surface area contributed by atoms with Crippen molar-refractivity contribution in [1.82, 2.24) is 0 Å². The summed E-state index contributed by atoms with van der Waals surface area (Å²) in [4.78, 5) is 0. The van der Waals surface area contributed by atoms with E-state index < -0.39 is 5.82 Å². The average molecular weight is 271 g/mol. The van der Waals surface area contributed by atoms with E-state index >= 15 is 0 Å². The Morgan fingerprint density at radius 2 is 2.10 bits per heavy atom. The van der Waals surface area contributed by atoms with E-state index in [1.54, 1.807) is 0 Å². The summed E-state index contributed by atoms with van der Waals surface area (Å²) >= 11 is 7.42. The lowest BCUT2D eigenvalue weighted by molar-refractivity contribution is 0.627. The molecule has 0 unspecified atom stereocenters. The molecular weight excluding hydrogens is 267 g/mol. The monoisotopic (exact) mass is 271 g/mol. The van der Waals surface area contributed by atoms with Crippen LogP contribution in [0.2, 0.25) is 5.02 Å². The van der Waals surface area contributed by atoms with Crippen LogP contribution in [-0.2, 0) is 0 Å². The maximum Gasteiger partial charge on any atom is 0.143 e. The van der Waals surface area contributed by atoms with Gasteiger partial charge in [-0.3, -0.25) is 0 Å². The maximum atomic E-state index is 12.6. The Kier molecular flexibility index (Phi) is 2.36. The Morgan fingerprint density at radius 1 is 1.50 bits per heavy atom. The van der Waals surface area contributed by atoms with E-state index in [1.165, 1.54) is 12.1 Å². The van der Waals surface area contributed by atoms with Gasteiger partial charge in [-0.15, -0.1) is 0 Å². The lowest BCUT2D eigenvalue weighted by Crippen LogP contribution is -1.91. The van der Waals surface area contributed by atoms with Crippen molar-refractivity contribution in [2.24, 2.45) is 0 Å². The van der Waals surface area contributed by atoms with Gasteiger partial charge in [-0.25, -0.2) is 4.39 Å². The lowest BCUT2D eigenvalue weighted by Gasteiger charge is -1.99. The summed E-state index contributed by atoms with van der Waals surface area (Å²) < 4.78 is 13.1. The highest BCUT2D eigenvalue weighted by Gasteiger charge is 2.05. The molecule has 0 aliphatic carbocycles. The zero-order valence-electron chi connectivity index (χ0n) is 4.87. The fourth-order valence-electron chi connectivity index (χ4n) is 0.541. The van der Waals surface area contributed by atoms with Crippen molar-refractivity contribution < 1.29 is 4.39 Å². The summed E-state index contributed by atoms with van der Waals surface area (Å²) in [6.07, 6.45) is 0. The summed E-state index contributed by atoms with van der Waals surface area (Å²) in [5, 5.41) is 0.0978. The molecule has 0 aliphatic heterocycles. The zero-order chi connectivity index (χ0) is 7.72. The van der Waals surface area contributed by atoms with Gasteiger partial charge in [0.15, 0.2) is 0 Å². The Balaban J connectivity index is 3.34. The highest BCUT2D eigenvalue weighted by Crippen LogP contribution is 2.26. The molecule has 4 heteroatoms. The number of benzene rings is 1. The molecule has 10 heavy (non-hydrogen) atoms. The molecule has 1 rings (SSSR count). The van der Waals surface area contributed by atoms with Crippen molar-refractivity contribution in [1.29, 1.82) is 0 Å². The van der Waals surface area contributed by atoms with E-state index in [0.717, 1.165) is 0 Å². The molecule has 0 aromatic heterocycles. The largest absolute Gasteiger partial charge is 0.398 e. The summed E-state index contributed by atoms with van der Waals surface area (Å²) in [6, 6.07) is 2.74. The topological polar surface area (TPSA) is 26.0 Å². The first-order valence-electron chi connectivity index (χ1n) is 2.52. The molecule has 0 saturated carbocycles. The Bertz CT molecular complexity index is 237. The third-order valence-corrected chi connectivity index (χ3v) is 2.92. The SMILES string of the molecule is Nc1ccc(F)c(Cl)c1I. The van der Waals surface area contributed by atoms with E-state index in [-0.39, 0.29) is 5.02 Å². The van der Waals surface area contributed by atoms with E-state index in [1.807, 2.05) is 22.6 Å². The van der Waals surface area contributed by atoms with Crippen LogP contribution in [0.4, 0.5) is 10.1 Å². The molecule has 0 spiro atoms. The van der Waals surface area contributed by atoms with Gasteiger partial charge in [0, 0.05) is 5.69 Å². The number of nitrogen functional groups attached to an aromatic ring is 1. The van der Waals surface area contributed by atoms with Crippen molar-refractivity contribution >= 4 is 39.9 Å². The Hall–Kier alpha value is -0.0300. The molecule has 0 amide bonds.